The van der Waals surface area contributed by atoms with Gasteiger partial charge in [-0.15, -0.1) is 0 Å². The molecule has 206 valence electrons. The van der Waals surface area contributed by atoms with E-state index in [9.17, 15) is 24.3 Å². The van der Waals surface area contributed by atoms with Crippen LogP contribution in [0.15, 0.2) is 23.3 Å². The summed E-state index contributed by atoms with van der Waals surface area (Å²) in [5.74, 6) is -3.57. The molecular formula is C28H41NO8. The Balaban J connectivity index is 2.01. The Kier molecular flexibility index (Phi) is 8.69. The lowest BCUT2D eigenvalue weighted by Crippen LogP contribution is -2.68. The van der Waals surface area contributed by atoms with Crippen molar-refractivity contribution < 1.29 is 38.9 Å². The number of carbonyl (C=O) groups excluding carboxylic acids is 4. The van der Waals surface area contributed by atoms with Gasteiger partial charge in [0.1, 0.15) is 17.6 Å². The molecule has 8 atom stereocenters. The molecule has 0 aromatic rings. The van der Waals surface area contributed by atoms with E-state index in [2.05, 4.69) is 5.32 Å². The van der Waals surface area contributed by atoms with E-state index >= 15 is 0 Å². The van der Waals surface area contributed by atoms with Gasteiger partial charge in [-0.3, -0.25) is 14.4 Å². The van der Waals surface area contributed by atoms with Gasteiger partial charge in [-0.05, 0) is 63.7 Å². The molecule has 0 aromatic carbocycles. The van der Waals surface area contributed by atoms with E-state index in [0.29, 0.717) is 31.3 Å². The third kappa shape index (κ3) is 4.88. The van der Waals surface area contributed by atoms with Crippen LogP contribution in [0.3, 0.4) is 0 Å². The number of methoxy groups -OCH3 is 1. The van der Waals surface area contributed by atoms with Crippen molar-refractivity contribution in [3.63, 3.8) is 0 Å². The monoisotopic (exact) mass is 519 g/mol. The summed E-state index contributed by atoms with van der Waals surface area (Å²) in [5.41, 5.74) is -0.843. The lowest BCUT2D eigenvalue weighted by atomic mass is 9.41. The van der Waals surface area contributed by atoms with E-state index in [1.807, 2.05) is 13.8 Å². The summed E-state index contributed by atoms with van der Waals surface area (Å²) in [6, 6.07) is 0. The highest BCUT2D eigenvalue weighted by atomic mass is 16.6. The lowest BCUT2D eigenvalue weighted by Gasteiger charge is -2.62. The number of ether oxygens (including phenoxy) is 2. The molecule has 0 saturated heterocycles. The number of aliphatic hydroxyl groups is 2. The topological polar surface area (TPSA) is 139 Å². The SMILES string of the molecule is CC=C(C)C(=O)OC1CCC2(C)C3CCC(=CC(=O)NCCO)C(C)C3C(O)C(=O)C2C1(C)C(=O)OC. The normalized spacial score (nSPS) is 38.9. The number of rotatable bonds is 6. The van der Waals surface area contributed by atoms with Crippen molar-refractivity contribution >= 4 is 23.6 Å². The minimum atomic E-state index is -1.46. The molecule has 0 heterocycles. The Bertz CT molecular complexity index is 1000. The maximum Gasteiger partial charge on any atom is 0.333 e. The fraction of sp³-hybridized carbons (Fsp3) is 0.714. The predicted molar refractivity (Wildman–Crippen MR) is 135 cm³/mol. The highest BCUT2D eigenvalue weighted by Gasteiger charge is 2.69. The van der Waals surface area contributed by atoms with Gasteiger partial charge >= 0.3 is 11.9 Å². The second kappa shape index (κ2) is 11.1. The summed E-state index contributed by atoms with van der Waals surface area (Å²) in [7, 11) is 1.25. The van der Waals surface area contributed by atoms with Crippen LogP contribution in [-0.4, -0.2) is 66.3 Å². The van der Waals surface area contributed by atoms with Crippen molar-refractivity contribution in [3.8, 4) is 0 Å². The summed E-state index contributed by atoms with van der Waals surface area (Å²) >= 11 is 0. The van der Waals surface area contributed by atoms with Crippen LogP contribution in [0.5, 0.6) is 0 Å². The van der Waals surface area contributed by atoms with Crippen molar-refractivity contribution in [3.05, 3.63) is 23.3 Å². The molecule has 9 heteroatoms. The zero-order valence-electron chi connectivity index (χ0n) is 22.7. The number of fused-ring (bicyclic) bond motifs is 3. The largest absolute Gasteiger partial charge is 0.468 e. The quantitative estimate of drug-likeness (QED) is 0.358. The van der Waals surface area contributed by atoms with E-state index in [1.165, 1.54) is 13.2 Å². The first-order valence-electron chi connectivity index (χ1n) is 13.1. The first-order chi connectivity index (χ1) is 17.4. The molecule has 9 nitrogen and oxygen atoms in total. The number of hydrogen-bond acceptors (Lipinski definition) is 8. The fourth-order valence-corrected chi connectivity index (χ4v) is 7.33. The standard InChI is InChI=1S/C28H41NO8/c1-7-15(2)25(34)37-19-10-11-27(4)18-9-8-17(14-20(31)29-12-13-30)16(3)21(18)22(32)23(33)24(27)28(19,5)26(35)36-6/h7,14,16,18-19,21-22,24,30,32H,8-13H2,1-6H3,(H,29,31). The molecule has 3 fully saturated rings. The third-order valence-corrected chi connectivity index (χ3v) is 9.39. The van der Waals surface area contributed by atoms with Crippen LogP contribution in [-0.2, 0) is 28.7 Å². The molecule has 0 aromatic heterocycles. The number of Topliss-reactive ketones (excluding diaryl/α,β-unsaturated/α-hetero) is 1. The zero-order chi connectivity index (χ0) is 27.7. The van der Waals surface area contributed by atoms with Gasteiger partial charge in [0.2, 0.25) is 5.91 Å². The third-order valence-electron chi connectivity index (χ3n) is 9.39. The van der Waals surface area contributed by atoms with Crippen LogP contribution < -0.4 is 5.32 Å². The molecule has 37 heavy (non-hydrogen) atoms. The molecule has 0 aliphatic heterocycles. The number of hydrogen-bond donors (Lipinski definition) is 3. The van der Waals surface area contributed by atoms with E-state index in [1.54, 1.807) is 26.8 Å². The maximum absolute atomic E-state index is 14.0. The van der Waals surface area contributed by atoms with Gasteiger partial charge in [0, 0.05) is 30.0 Å². The minimum Gasteiger partial charge on any atom is -0.468 e. The van der Waals surface area contributed by atoms with Crippen molar-refractivity contribution in [2.45, 2.75) is 72.5 Å². The molecule has 0 spiro atoms. The van der Waals surface area contributed by atoms with Gasteiger partial charge in [0.25, 0.3) is 0 Å². The number of nitrogens with one attached hydrogen (secondary N) is 1. The smallest absolute Gasteiger partial charge is 0.333 e. The highest BCUT2D eigenvalue weighted by molar-refractivity contribution is 5.95. The van der Waals surface area contributed by atoms with Crippen molar-refractivity contribution in [1.29, 1.82) is 0 Å². The molecule has 8 unspecified atom stereocenters. The van der Waals surface area contributed by atoms with Crippen molar-refractivity contribution in [1.82, 2.24) is 5.32 Å². The minimum absolute atomic E-state index is 0.0873. The number of aliphatic hydroxyl groups excluding tert-OH is 2. The molecule has 0 radical (unpaired) electrons. The van der Waals surface area contributed by atoms with Crippen LogP contribution in [0.1, 0.15) is 60.3 Å². The van der Waals surface area contributed by atoms with Crippen LogP contribution in [0.2, 0.25) is 0 Å². The first-order valence-corrected chi connectivity index (χ1v) is 13.1. The Morgan fingerprint density at radius 3 is 2.49 bits per heavy atom. The Labute approximate surface area is 218 Å². The van der Waals surface area contributed by atoms with Crippen molar-refractivity contribution in [2.75, 3.05) is 20.3 Å². The number of allylic oxidation sites excluding steroid dienone is 2. The average molecular weight is 520 g/mol. The Morgan fingerprint density at radius 1 is 1.22 bits per heavy atom. The molecule has 3 aliphatic rings. The molecule has 0 bridgehead atoms. The Morgan fingerprint density at radius 2 is 1.89 bits per heavy atom. The molecule has 3 saturated carbocycles. The van der Waals surface area contributed by atoms with Crippen molar-refractivity contribution in [2.24, 2.45) is 34.5 Å². The summed E-state index contributed by atoms with van der Waals surface area (Å²) in [4.78, 5) is 52.2. The van der Waals surface area contributed by atoms with E-state index in [-0.39, 0.29) is 30.9 Å². The van der Waals surface area contributed by atoms with Gasteiger partial charge in [0.15, 0.2) is 5.78 Å². The molecule has 3 aliphatic carbocycles. The highest BCUT2D eigenvalue weighted by Crippen LogP contribution is 2.64. The number of esters is 2. The van der Waals surface area contributed by atoms with Crippen LogP contribution in [0.4, 0.5) is 0 Å². The van der Waals surface area contributed by atoms with Gasteiger partial charge in [-0.1, -0.05) is 25.5 Å². The van der Waals surface area contributed by atoms with Crippen LogP contribution >= 0.6 is 0 Å². The number of ketones is 1. The molecule has 3 rings (SSSR count). The second-order valence-corrected chi connectivity index (χ2v) is 11.2. The fourth-order valence-electron chi connectivity index (χ4n) is 7.33. The summed E-state index contributed by atoms with van der Waals surface area (Å²) in [6.45, 7) is 8.89. The number of amides is 1. The maximum atomic E-state index is 14.0. The van der Waals surface area contributed by atoms with Gasteiger partial charge in [-0.2, -0.15) is 0 Å². The first kappa shape index (κ1) is 29.0. The summed E-state index contributed by atoms with van der Waals surface area (Å²) in [5, 5.41) is 23.0. The second-order valence-electron chi connectivity index (χ2n) is 11.2. The average Bonchev–Trinajstić information content (AvgIpc) is 2.87. The predicted octanol–water partition coefficient (Wildman–Crippen LogP) is 2.10. The van der Waals surface area contributed by atoms with Gasteiger partial charge in [-0.25, -0.2) is 4.79 Å². The molecule has 1 amide bonds. The van der Waals surface area contributed by atoms with E-state index in [0.717, 1.165) is 5.57 Å². The number of carbonyl (C=O) groups is 4. The van der Waals surface area contributed by atoms with E-state index < -0.39 is 52.6 Å². The summed E-state index contributed by atoms with van der Waals surface area (Å²) < 4.78 is 11.0. The van der Waals surface area contributed by atoms with E-state index in [4.69, 9.17) is 14.6 Å². The molecular weight excluding hydrogens is 478 g/mol. The van der Waals surface area contributed by atoms with Gasteiger partial charge in [0.05, 0.1) is 13.7 Å². The Hall–Kier alpha value is -2.52. The zero-order valence-corrected chi connectivity index (χ0v) is 22.7. The molecule has 3 N–H and O–H groups in total. The summed E-state index contributed by atoms with van der Waals surface area (Å²) in [6.07, 6.45) is 3.12. The lowest BCUT2D eigenvalue weighted by molar-refractivity contribution is -0.214. The van der Waals surface area contributed by atoms with Crippen LogP contribution in [0.25, 0.3) is 0 Å². The van der Waals surface area contributed by atoms with Gasteiger partial charge < -0.3 is 25.0 Å². The van der Waals surface area contributed by atoms with Crippen LogP contribution in [0, 0.1) is 34.5 Å².